The van der Waals surface area contributed by atoms with Crippen LogP contribution in [0.4, 0.5) is 0 Å². The van der Waals surface area contributed by atoms with Gasteiger partial charge >= 0.3 is 70.4 Å². The molecule has 2 nitrogen and oxygen atoms in total. The van der Waals surface area contributed by atoms with E-state index in [4.69, 9.17) is 5.37 Å². The topological polar surface area (TPSA) is 18.5 Å². The van der Waals surface area contributed by atoms with Gasteiger partial charge < -0.3 is 0 Å². The van der Waals surface area contributed by atoms with Crippen molar-refractivity contribution in [3.05, 3.63) is 0 Å². The van der Waals surface area contributed by atoms with E-state index in [1.165, 1.54) is 0 Å². The summed E-state index contributed by atoms with van der Waals surface area (Å²) in [5.41, 5.74) is 0. The average molecular weight is 325 g/mol. The number of hydrogen-bond donors (Lipinski definition) is 0. The molecule has 0 aliphatic heterocycles. The maximum absolute atomic E-state index is 5.32. The molecule has 3 heteroatoms. The molecule has 0 amide bonds. The zero-order chi connectivity index (χ0) is 7.28. The molecule has 0 aliphatic rings. The third-order valence-electron chi connectivity index (χ3n) is 0.568. The molecule has 0 aliphatic carbocycles. The minimum absolute atomic E-state index is 0.354. The minimum atomic E-state index is -1.12. The van der Waals surface area contributed by atoms with Crippen LogP contribution in [-0.4, -0.2) is 37.3 Å². The first-order valence-electron chi connectivity index (χ1n) is 3.19. The van der Waals surface area contributed by atoms with E-state index in [1.54, 1.807) is 0 Å². The van der Waals surface area contributed by atoms with Gasteiger partial charge in [-0.15, -0.1) is 0 Å². The second-order valence-electron chi connectivity index (χ2n) is 2.42. The fraction of sp³-hybridized carbons (Fsp3) is 1.00. The number of rotatable bonds is 4. The van der Waals surface area contributed by atoms with E-state index in [0.717, 1.165) is 0 Å². The Morgan fingerprint density at radius 3 is 1.44 bits per heavy atom. The summed E-state index contributed by atoms with van der Waals surface area (Å²) in [5, 5.41) is 0. The second kappa shape index (κ2) is 5.61. The Morgan fingerprint density at radius 1 is 0.889 bits per heavy atom. The van der Waals surface area contributed by atoms with E-state index in [2.05, 4.69) is 0 Å². The van der Waals surface area contributed by atoms with Gasteiger partial charge in [0.25, 0.3) is 0 Å². The van der Waals surface area contributed by atoms with Crippen molar-refractivity contribution >= 4 is 25.1 Å². The first-order chi connectivity index (χ1) is 4.13. The molecule has 0 aromatic heterocycles. The standard InChI is InChI=1S/2C3H7O.Pb/c2*1-3(2)4;/h2*3H,1-2H3;/q2*-1;+2. The Bertz CT molecular complexity index is 56.1. The van der Waals surface area contributed by atoms with Gasteiger partial charge in [0.1, 0.15) is 0 Å². The summed E-state index contributed by atoms with van der Waals surface area (Å²) in [6.07, 6.45) is 0.708. The molecule has 0 heterocycles. The molecule has 0 fully saturated rings. The van der Waals surface area contributed by atoms with Crippen molar-refractivity contribution in [3.8, 4) is 0 Å². The van der Waals surface area contributed by atoms with Gasteiger partial charge in [-0.05, 0) is 0 Å². The van der Waals surface area contributed by atoms with Crippen LogP contribution in [0.15, 0.2) is 0 Å². The molecule has 0 bridgehead atoms. The summed E-state index contributed by atoms with van der Waals surface area (Å²) in [6.45, 7) is 8.15. The van der Waals surface area contributed by atoms with Crippen molar-refractivity contribution in [2.45, 2.75) is 39.9 Å². The average Bonchev–Trinajstić information content (AvgIpc) is 1.63. The molecule has 0 rings (SSSR count). The van der Waals surface area contributed by atoms with Gasteiger partial charge in [-0.3, -0.25) is 0 Å². The Morgan fingerprint density at radius 2 is 1.22 bits per heavy atom. The Kier molecular flexibility index (Phi) is 6.14. The van der Waals surface area contributed by atoms with E-state index in [0.29, 0.717) is 12.2 Å². The summed E-state index contributed by atoms with van der Waals surface area (Å²) < 4.78 is 10.6. The van der Waals surface area contributed by atoms with E-state index >= 15 is 0 Å². The Balaban J connectivity index is 2.91. The van der Waals surface area contributed by atoms with E-state index in [9.17, 15) is 0 Å². The van der Waals surface area contributed by atoms with Gasteiger partial charge in [0, 0.05) is 0 Å². The van der Waals surface area contributed by atoms with Gasteiger partial charge in [-0.2, -0.15) is 0 Å². The van der Waals surface area contributed by atoms with Gasteiger partial charge in [-0.1, -0.05) is 0 Å². The molecule has 9 heavy (non-hydrogen) atoms. The molecule has 54 valence electrons. The molecule has 0 N–H and O–H groups in total. The Hall–Kier alpha value is 0.842. The van der Waals surface area contributed by atoms with Crippen molar-refractivity contribution in [1.82, 2.24) is 0 Å². The summed E-state index contributed by atoms with van der Waals surface area (Å²) in [4.78, 5) is 0. The Labute approximate surface area is 70.4 Å². The monoisotopic (exact) mass is 326 g/mol. The van der Waals surface area contributed by atoms with Crippen molar-refractivity contribution in [2.24, 2.45) is 0 Å². The van der Waals surface area contributed by atoms with Crippen molar-refractivity contribution in [3.63, 3.8) is 0 Å². The van der Waals surface area contributed by atoms with Crippen molar-refractivity contribution in [2.75, 3.05) is 0 Å². The second-order valence-corrected chi connectivity index (χ2v) is 4.90. The fourth-order valence-electron chi connectivity index (χ4n) is 0.220. The molecule has 0 unspecified atom stereocenters. The van der Waals surface area contributed by atoms with Crippen LogP contribution in [0.1, 0.15) is 27.7 Å². The summed E-state index contributed by atoms with van der Waals surface area (Å²) in [5.74, 6) is 0. The molecule has 0 saturated heterocycles. The SMILES string of the molecule is CC(C)[O][Pb][O]C(C)C. The fourth-order valence-corrected chi connectivity index (χ4v) is 1.93. The maximum atomic E-state index is 5.32. The van der Waals surface area contributed by atoms with E-state index < -0.39 is 25.1 Å². The van der Waals surface area contributed by atoms with Crippen LogP contribution < -0.4 is 0 Å². The first kappa shape index (κ1) is 9.84. The first-order valence-corrected chi connectivity index (χ1v) is 6.36. The van der Waals surface area contributed by atoms with Crippen LogP contribution >= 0.6 is 0 Å². The molecule has 0 aromatic rings. The molecule has 0 saturated carbocycles. The van der Waals surface area contributed by atoms with Crippen molar-refractivity contribution in [1.29, 1.82) is 0 Å². The molecule has 0 spiro atoms. The third kappa shape index (κ3) is 8.84. The van der Waals surface area contributed by atoms with Crippen LogP contribution in [0.3, 0.4) is 0 Å². The van der Waals surface area contributed by atoms with Gasteiger partial charge in [-0.25, -0.2) is 0 Å². The van der Waals surface area contributed by atoms with Gasteiger partial charge in [0.15, 0.2) is 0 Å². The van der Waals surface area contributed by atoms with Crippen molar-refractivity contribution < 1.29 is 5.37 Å². The zero-order valence-electron chi connectivity index (χ0n) is 6.47. The van der Waals surface area contributed by atoms with Crippen LogP contribution in [0.25, 0.3) is 0 Å². The predicted octanol–water partition coefficient (Wildman–Crippen LogP) is 1.37. The van der Waals surface area contributed by atoms with Crippen LogP contribution in [-0.2, 0) is 5.37 Å². The molecular weight excluding hydrogens is 311 g/mol. The molecular formula is C6H14O2Pb. The van der Waals surface area contributed by atoms with Gasteiger partial charge in [0.05, 0.1) is 0 Å². The molecule has 0 atom stereocenters. The molecule has 2 radical (unpaired) electrons. The van der Waals surface area contributed by atoms with E-state index in [1.807, 2.05) is 27.7 Å². The number of hydrogen-bond acceptors (Lipinski definition) is 2. The van der Waals surface area contributed by atoms with Crippen LogP contribution in [0, 0.1) is 0 Å². The van der Waals surface area contributed by atoms with Gasteiger partial charge in [0.2, 0.25) is 0 Å². The summed E-state index contributed by atoms with van der Waals surface area (Å²) in [6, 6.07) is 0. The zero-order valence-corrected chi connectivity index (χ0v) is 10.4. The molecule has 0 aromatic carbocycles. The normalized spacial score (nSPS) is 11.3. The van der Waals surface area contributed by atoms with Crippen LogP contribution in [0.5, 0.6) is 0 Å². The summed E-state index contributed by atoms with van der Waals surface area (Å²) >= 11 is -1.12. The predicted molar refractivity (Wildman–Crippen MR) is 38.2 cm³/mol. The van der Waals surface area contributed by atoms with Crippen LogP contribution in [0.2, 0.25) is 0 Å². The summed E-state index contributed by atoms with van der Waals surface area (Å²) in [7, 11) is 0. The van der Waals surface area contributed by atoms with E-state index in [-0.39, 0.29) is 0 Å². The third-order valence-corrected chi connectivity index (χ3v) is 4.98. The quantitative estimate of drug-likeness (QED) is 0.727.